The Morgan fingerprint density at radius 2 is 1.52 bits per heavy atom. The predicted octanol–water partition coefficient (Wildman–Crippen LogP) is 3.17. The minimum Gasteiger partial charge on any atom is -0.321 e. The Labute approximate surface area is 169 Å². The van der Waals surface area contributed by atoms with Crippen LogP contribution in [0.1, 0.15) is 18.9 Å². The molecule has 0 fully saturated rings. The van der Waals surface area contributed by atoms with Crippen LogP contribution in [0.25, 0.3) is 0 Å². The average molecular weight is 409 g/mol. The van der Waals surface area contributed by atoms with Gasteiger partial charge in [-0.2, -0.15) is 0 Å². The van der Waals surface area contributed by atoms with Gasteiger partial charge in [0.25, 0.3) is 11.8 Å². The summed E-state index contributed by atoms with van der Waals surface area (Å²) >= 11 is 12.2. The van der Waals surface area contributed by atoms with E-state index < -0.39 is 0 Å². The van der Waals surface area contributed by atoms with Gasteiger partial charge in [0.15, 0.2) is 13.1 Å². The number of carbonyl (C=O) groups is 2. The van der Waals surface area contributed by atoms with Gasteiger partial charge >= 0.3 is 0 Å². The lowest BCUT2D eigenvalue weighted by Gasteiger charge is -2.19. The summed E-state index contributed by atoms with van der Waals surface area (Å²) in [7, 11) is 0. The minimum atomic E-state index is -0.239. The lowest BCUT2D eigenvalue weighted by atomic mass is 10.2. The molecule has 2 amide bonds. The smallest absolute Gasteiger partial charge is 0.279 e. The van der Waals surface area contributed by atoms with Crippen molar-refractivity contribution >= 4 is 46.4 Å². The second kappa shape index (κ2) is 10.3. The molecule has 0 bridgehead atoms. The van der Waals surface area contributed by atoms with Gasteiger partial charge in [0.1, 0.15) is 0 Å². The fourth-order valence-corrected chi connectivity index (χ4v) is 3.25. The molecule has 0 aromatic heterocycles. The van der Waals surface area contributed by atoms with E-state index in [9.17, 15) is 9.59 Å². The molecule has 0 aliphatic carbocycles. The Morgan fingerprint density at radius 3 is 2.11 bits per heavy atom. The zero-order valence-electron chi connectivity index (χ0n) is 15.4. The van der Waals surface area contributed by atoms with Gasteiger partial charge in [-0.25, -0.2) is 0 Å². The van der Waals surface area contributed by atoms with Crippen LogP contribution in [0.3, 0.4) is 0 Å². The molecule has 144 valence electrons. The number of carbonyl (C=O) groups excluding carboxylic acids is 2. The number of hydrogen-bond acceptors (Lipinski definition) is 2. The van der Waals surface area contributed by atoms with E-state index in [1.165, 1.54) is 0 Å². The van der Waals surface area contributed by atoms with Crippen molar-refractivity contribution in [3.8, 4) is 0 Å². The van der Waals surface area contributed by atoms with Gasteiger partial charge in [0, 0.05) is 5.69 Å². The molecule has 2 rings (SSSR count). The molecule has 7 heteroatoms. The molecular weight excluding hydrogens is 385 g/mol. The second-order valence-electron chi connectivity index (χ2n) is 6.36. The molecule has 0 aliphatic heterocycles. The molecule has 2 aromatic rings. The van der Waals surface area contributed by atoms with Gasteiger partial charge in [0.2, 0.25) is 0 Å². The molecule has 2 aromatic carbocycles. The zero-order chi connectivity index (χ0) is 19.8. The first-order valence-corrected chi connectivity index (χ1v) is 9.59. The maximum atomic E-state index is 12.4. The number of amides is 2. The Balaban J connectivity index is 1.97. The first-order chi connectivity index (χ1) is 12.9. The van der Waals surface area contributed by atoms with Crippen molar-refractivity contribution in [1.29, 1.82) is 0 Å². The number of halogens is 2. The SMILES string of the molecule is CCC[NH+](CC(=O)Nc1ccccc1C)CC(=O)Nc1c(Cl)cccc1Cl. The number of nitrogens with one attached hydrogen (secondary N) is 3. The van der Waals surface area contributed by atoms with Crippen LogP contribution < -0.4 is 15.5 Å². The van der Waals surface area contributed by atoms with Gasteiger partial charge in [0.05, 0.1) is 22.3 Å². The summed E-state index contributed by atoms with van der Waals surface area (Å²) in [6, 6.07) is 12.6. The molecule has 3 N–H and O–H groups in total. The molecular formula is C20H24Cl2N3O2+. The van der Waals surface area contributed by atoms with Crippen molar-refractivity contribution in [2.24, 2.45) is 0 Å². The van der Waals surface area contributed by atoms with Crippen molar-refractivity contribution in [1.82, 2.24) is 0 Å². The van der Waals surface area contributed by atoms with Crippen molar-refractivity contribution in [3.63, 3.8) is 0 Å². The Kier molecular flexibility index (Phi) is 8.10. The Morgan fingerprint density at radius 1 is 0.926 bits per heavy atom. The van der Waals surface area contributed by atoms with Gasteiger partial charge in [-0.15, -0.1) is 0 Å². The van der Waals surface area contributed by atoms with E-state index in [1.54, 1.807) is 18.2 Å². The number of quaternary nitrogens is 1. The van der Waals surface area contributed by atoms with Crippen molar-refractivity contribution in [2.45, 2.75) is 20.3 Å². The summed E-state index contributed by atoms with van der Waals surface area (Å²) in [4.78, 5) is 25.7. The highest BCUT2D eigenvalue weighted by Gasteiger charge is 2.19. The third kappa shape index (κ3) is 6.54. The monoisotopic (exact) mass is 408 g/mol. The first-order valence-electron chi connectivity index (χ1n) is 8.83. The Hall–Kier alpha value is -2.08. The fraction of sp³-hybridized carbons (Fsp3) is 0.300. The topological polar surface area (TPSA) is 62.6 Å². The van der Waals surface area contributed by atoms with Crippen LogP contribution in [0.2, 0.25) is 10.0 Å². The molecule has 0 aliphatic rings. The highest BCUT2D eigenvalue weighted by molar-refractivity contribution is 6.39. The van der Waals surface area contributed by atoms with Gasteiger partial charge < -0.3 is 15.5 Å². The van der Waals surface area contributed by atoms with Crippen LogP contribution in [-0.4, -0.2) is 31.4 Å². The number of rotatable bonds is 8. The summed E-state index contributed by atoms with van der Waals surface area (Å²) in [6.07, 6.45) is 0.854. The van der Waals surface area contributed by atoms with Crippen LogP contribution in [0.5, 0.6) is 0 Å². The molecule has 27 heavy (non-hydrogen) atoms. The Bertz CT molecular complexity index is 791. The van der Waals surface area contributed by atoms with E-state index >= 15 is 0 Å². The summed E-state index contributed by atoms with van der Waals surface area (Å²) in [6.45, 7) is 5.00. The number of hydrogen-bond donors (Lipinski definition) is 3. The third-order valence-corrected chi connectivity index (χ3v) is 4.70. The fourth-order valence-electron chi connectivity index (χ4n) is 2.76. The summed E-state index contributed by atoms with van der Waals surface area (Å²) < 4.78 is 0. The summed E-state index contributed by atoms with van der Waals surface area (Å²) in [5.41, 5.74) is 2.17. The van der Waals surface area contributed by atoms with Gasteiger partial charge in [-0.3, -0.25) is 9.59 Å². The first kappa shape index (κ1) is 21.2. The highest BCUT2D eigenvalue weighted by atomic mass is 35.5. The van der Waals surface area contributed by atoms with Crippen molar-refractivity contribution in [3.05, 3.63) is 58.1 Å². The maximum Gasteiger partial charge on any atom is 0.279 e. The maximum absolute atomic E-state index is 12.4. The standard InChI is InChI=1S/C20H23Cl2N3O2/c1-3-11-25(12-18(26)23-17-10-5-4-7-14(17)2)13-19(27)24-20-15(21)8-6-9-16(20)22/h4-10H,3,11-13H2,1-2H3,(H,23,26)(H,24,27)/p+1. The number of benzene rings is 2. The molecule has 0 radical (unpaired) electrons. The third-order valence-electron chi connectivity index (χ3n) is 4.07. The van der Waals surface area contributed by atoms with Gasteiger partial charge in [-0.1, -0.05) is 54.4 Å². The molecule has 0 spiro atoms. The van der Waals surface area contributed by atoms with Crippen LogP contribution in [0, 0.1) is 6.92 Å². The van der Waals surface area contributed by atoms with Gasteiger partial charge in [-0.05, 0) is 37.1 Å². The number of para-hydroxylation sites is 2. The van der Waals surface area contributed by atoms with E-state index in [1.807, 2.05) is 38.1 Å². The molecule has 0 saturated carbocycles. The average Bonchev–Trinajstić information content (AvgIpc) is 2.60. The normalized spacial score (nSPS) is 11.7. The van der Waals surface area contributed by atoms with E-state index in [-0.39, 0.29) is 24.9 Å². The molecule has 0 saturated heterocycles. The van der Waals surface area contributed by atoms with Crippen molar-refractivity contribution < 1.29 is 14.5 Å². The number of anilines is 2. The summed E-state index contributed by atoms with van der Waals surface area (Å²) in [5.74, 6) is -0.367. The lowest BCUT2D eigenvalue weighted by Crippen LogP contribution is -3.14. The second-order valence-corrected chi connectivity index (χ2v) is 7.18. The largest absolute Gasteiger partial charge is 0.321 e. The molecule has 1 atom stereocenters. The number of aryl methyl sites for hydroxylation is 1. The zero-order valence-corrected chi connectivity index (χ0v) is 17.0. The molecule has 1 unspecified atom stereocenters. The highest BCUT2D eigenvalue weighted by Crippen LogP contribution is 2.29. The predicted molar refractivity (Wildman–Crippen MR) is 111 cm³/mol. The van der Waals surface area contributed by atoms with Crippen LogP contribution in [0.4, 0.5) is 11.4 Å². The van der Waals surface area contributed by atoms with E-state index in [0.717, 1.165) is 22.6 Å². The lowest BCUT2D eigenvalue weighted by molar-refractivity contribution is -0.883. The summed E-state index contributed by atoms with van der Waals surface area (Å²) in [5, 5.41) is 6.41. The van der Waals surface area contributed by atoms with E-state index in [2.05, 4.69) is 10.6 Å². The van der Waals surface area contributed by atoms with Crippen LogP contribution >= 0.6 is 23.2 Å². The molecule has 5 nitrogen and oxygen atoms in total. The van der Waals surface area contributed by atoms with Crippen LogP contribution in [0.15, 0.2) is 42.5 Å². The van der Waals surface area contributed by atoms with E-state index in [4.69, 9.17) is 23.2 Å². The quantitative estimate of drug-likeness (QED) is 0.627. The van der Waals surface area contributed by atoms with E-state index in [0.29, 0.717) is 22.3 Å². The molecule has 0 heterocycles. The minimum absolute atomic E-state index is 0.128. The van der Waals surface area contributed by atoms with Crippen molar-refractivity contribution in [2.75, 3.05) is 30.3 Å². The van der Waals surface area contributed by atoms with Crippen LogP contribution in [-0.2, 0) is 9.59 Å².